The first kappa shape index (κ1) is 20.1. The number of hydrogen-bond donors (Lipinski definition) is 2. The molecule has 1 atom stereocenters. The molecule has 3 N–H and O–H groups in total. The molecule has 1 aliphatic heterocycles. The number of aromatic nitrogens is 3. The Morgan fingerprint density at radius 3 is 2.79 bits per heavy atom. The third kappa shape index (κ3) is 3.80. The highest BCUT2D eigenvalue weighted by molar-refractivity contribution is 7.99. The number of hydrogen-bond acceptors (Lipinski definition) is 7. The van der Waals surface area contributed by atoms with Crippen molar-refractivity contribution in [1.29, 1.82) is 0 Å². The number of rotatable bonds is 8. The van der Waals surface area contributed by atoms with Crippen molar-refractivity contribution in [1.82, 2.24) is 14.8 Å². The fourth-order valence-corrected chi connectivity index (χ4v) is 3.83. The Balaban J connectivity index is 2.11. The molecule has 0 saturated heterocycles. The lowest BCUT2D eigenvalue weighted by molar-refractivity contribution is -0.115. The van der Waals surface area contributed by atoms with E-state index in [9.17, 15) is 4.79 Å². The quantitative estimate of drug-likeness (QED) is 0.653. The minimum Gasteiger partial charge on any atom is -0.493 e. The molecule has 0 spiro atoms. The second kappa shape index (κ2) is 8.55. The molecular formula is C19H25N5O3S. The molecule has 1 aromatic carbocycles. The molecule has 8 nitrogen and oxygen atoms in total. The first-order valence-electron chi connectivity index (χ1n) is 9.17. The minimum atomic E-state index is -0.508. The molecule has 2 aromatic rings. The fraction of sp³-hybridized carbons (Fsp3) is 0.421. The van der Waals surface area contributed by atoms with Crippen LogP contribution in [0.2, 0.25) is 0 Å². The summed E-state index contributed by atoms with van der Waals surface area (Å²) in [7, 11) is 1.58. The number of thioether (sulfide) groups is 1. The summed E-state index contributed by atoms with van der Waals surface area (Å²) in [5, 5.41) is 8.42. The maximum absolute atomic E-state index is 12.3. The zero-order chi connectivity index (χ0) is 20.3. The van der Waals surface area contributed by atoms with Crippen molar-refractivity contribution >= 4 is 23.6 Å². The lowest BCUT2D eigenvalue weighted by Gasteiger charge is -2.28. The van der Waals surface area contributed by atoms with Crippen molar-refractivity contribution in [3.05, 3.63) is 35.0 Å². The van der Waals surface area contributed by atoms with Crippen LogP contribution in [0.3, 0.4) is 0 Å². The number of fused-ring (bicyclic) bond motifs is 1. The molecule has 2 heterocycles. The average Bonchev–Trinajstić information content (AvgIpc) is 3.07. The number of carbonyl (C=O) groups is 1. The number of ether oxygens (including phenoxy) is 2. The molecule has 0 radical (unpaired) electrons. The second-order valence-corrected chi connectivity index (χ2v) is 7.35. The van der Waals surface area contributed by atoms with Crippen LogP contribution in [-0.4, -0.2) is 40.1 Å². The van der Waals surface area contributed by atoms with Crippen LogP contribution < -0.4 is 20.5 Å². The number of anilines is 1. The van der Waals surface area contributed by atoms with Crippen LogP contribution in [0.15, 0.2) is 34.6 Å². The first-order valence-corrected chi connectivity index (χ1v) is 10.2. The van der Waals surface area contributed by atoms with E-state index >= 15 is 0 Å². The summed E-state index contributed by atoms with van der Waals surface area (Å²) < 4.78 is 12.8. The molecule has 1 unspecified atom stereocenters. The van der Waals surface area contributed by atoms with E-state index in [-0.39, 0.29) is 0 Å². The van der Waals surface area contributed by atoms with Gasteiger partial charge in [0.15, 0.2) is 11.5 Å². The minimum absolute atomic E-state index is 0.440. The summed E-state index contributed by atoms with van der Waals surface area (Å²) >= 11 is 1.58. The molecule has 1 amide bonds. The van der Waals surface area contributed by atoms with Crippen LogP contribution in [-0.2, 0) is 4.79 Å². The van der Waals surface area contributed by atoms with E-state index in [2.05, 4.69) is 22.3 Å². The Kier molecular flexibility index (Phi) is 6.13. The number of methoxy groups -OCH3 is 1. The Hall–Kier alpha value is -2.68. The van der Waals surface area contributed by atoms with Gasteiger partial charge < -0.3 is 20.5 Å². The van der Waals surface area contributed by atoms with Gasteiger partial charge in [0.25, 0.3) is 0 Å². The van der Waals surface area contributed by atoms with E-state index in [0.29, 0.717) is 40.5 Å². The van der Waals surface area contributed by atoms with Crippen LogP contribution >= 0.6 is 11.8 Å². The molecule has 28 heavy (non-hydrogen) atoms. The Morgan fingerprint density at radius 2 is 2.14 bits per heavy atom. The van der Waals surface area contributed by atoms with Gasteiger partial charge in [-0.25, -0.2) is 4.68 Å². The summed E-state index contributed by atoms with van der Waals surface area (Å²) in [6.07, 6.45) is 1.02. The maximum atomic E-state index is 12.3. The molecule has 9 heteroatoms. The number of nitrogens with two attached hydrogens (primary N) is 1. The van der Waals surface area contributed by atoms with Gasteiger partial charge in [-0.15, -0.1) is 5.10 Å². The van der Waals surface area contributed by atoms with Crippen LogP contribution in [0.5, 0.6) is 11.5 Å². The zero-order valence-corrected chi connectivity index (χ0v) is 17.3. The maximum Gasteiger partial charge on any atom is 0.248 e. The summed E-state index contributed by atoms with van der Waals surface area (Å²) in [6.45, 7) is 6.36. The van der Waals surface area contributed by atoms with Crippen molar-refractivity contribution < 1.29 is 14.3 Å². The third-order valence-electron chi connectivity index (χ3n) is 4.34. The molecule has 1 aliphatic rings. The number of allylic oxidation sites excluding steroid dienone is 1. The van der Waals surface area contributed by atoms with E-state index in [4.69, 9.17) is 15.2 Å². The largest absolute Gasteiger partial charge is 0.493 e. The number of amides is 1. The van der Waals surface area contributed by atoms with E-state index < -0.39 is 11.9 Å². The predicted molar refractivity (Wildman–Crippen MR) is 109 cm³/mol. The van der Waals surface area contributed by atoms with E-state index in [0.717, 1.165) is 17.7 Å². The van der Waals surface area contributed by atoms with Crippen molar-refractivity contribution in [3.63, 3.8) is 0 Å². The van der Waals surface area contributed by atoms with Gasteiger partial charge in [0.05, 0.1) is 19.3 Å². The Morgan fingerprint density at radius 1 is 1.36 bits per heavy atom. The fourth-order valence-electron chi connectivity index (χ4n) is 3.14. The molecule has 1 aromatic heterocycles. The third-order valence-corrected chi connectivity index (χ3v) is 5.38. The molecule has 0 bridgehead atoms. The molecular weight excluding hydrogens is 378 g/mol. The Bertz CT molecular complexity index is 909. The number of nitrogens with one attached hydrogen (secondary N) is 1. The normalized spacial score (nSPS) is 15.8. The number of benzene rings is 1. The predicted octanol–water partition coefficient (Wildman–Crippen LogP) is 2.96. The smallest absolute Gasteiger partial charge is 0.248 e. The zero-order valence-electron chi connectivity index (χ0n) is 16.5. The summed E-state index contributed by atoms with van der Waals surface area (Å²) in [5.41, 5.74) is 7.64. The number of carbonyl (C=O) groups excluding carboxylic acids is 1. The standard InChI is InChI=1S/C19H25N5O3S/c1-5-9-28-19-22-18-21-11(3)15(17(20)25)16(24(18)23-19)12-7-8-13(27-6-2)14(10-12)26-4/h7-8,10,16H,5-6,9H2,1-4H3,(H2,20,25)(H,21,22,23). The van der Waals surface area contributed by atoms with E-state index in [1.807, 2.05) is 32.0 Å². The molecule has 150 valence electrons. The lowest BCUT2D eigenvalue weighted by Crippen LogP contribution is -2.31. The number of nitrogens with zero attached hydrogens (tertiary/aromatic N) is 3. The highest BCUT2D eigenvalue weighted by Crippen LogP contribution is 2.39. The summed E-state index contributed by atoms with van der Waals surface area (Å²) in [6, 6.07) is 5.07. The van der Waals surface area contributed by atoms with Crippen LogP contribution in [0.25, 0.3) is 0 Å². The van der Waals surface area contributed by atoms with Crippen molar-refractivity contribution in [3.8, 4) is 11.5 Å². The van der Waals surface area contributed by atoms with Gasteiger partial charge >= 0.3 is 0 Å². The van der Waals surface area contributed by atoms with Gasteiger partial charge in [-0.05, 0) is 38.0 Å². The molecule has 0 fully saturated rings. The topological polar surface area (TPSA) is 104 Å². The van der Waals surface area contributed by atoms with Crippen molar-refractivity contribution in [2.45, 2.75) is 38.4 Å². The number of primary amides is 1. The Labute approximate surface area is 168 Å². The lowest BCUT2D eigenvalue weighted by atomic mass is 9.95. The highest BCUT2D eigenvalue weighted by Gasteiger charge is 2.33. The molecule has 0 saturated carbocycles. The average molecular weight is 404 g/mol. The second-order valence-electron chi connectivity index (χ2n) is 6.28. The summed E-state index contributed by atoms with van der Waals surface area (Å²) in [4.78, 5) is 16.8. The van der Waals surface area contributed by atoms with Crippen LogP contribution in [0.1, 0.15) is 38.8 Å². The van der Waals surface area contributed by atoms with Gasteiger partial charge in [0.2, 0.25) is 17.0 Å². The van der Waals surface area contributed by atoms with Gasteiger partial charge in [-0.3, -0.25) is 4.79 Å². The molecule has 0 aliphatic carbocycles. The SMILES string of the molecule is CCCSc1nc2n(n1)C(c1ccc(OCC)c(OC)c1)C(C(N)=O)=C(C)N2. The van der Waals surface area contributed by atoms with Gasteiger partial charge in [-0.2, -0.15) is 4.98 Å². The summed E-state index contributed by atoms with van der Waals surface area (Å²) in [5.74, 6) is 2.22. The van der Waals surface area contributed by atoms with Crippen LogP contribution in [0, 0.1) is 0 Å². The monoisotopic (exact) mass is 403 g/mol. The van der Waals surface area contributed by atoms with Gasteiger partial charge in [0, 0.05) is 11.4 Å². The van der Waals surface area contributed by atoms with Gasteiger partial charge in [-0.1, -0.05) is 24.8 Å². The van der Waals surface area contributed by atoms with Crippen molar-refractivity contribution in [2.24, 2.45) is 5.73 Å². The van der Waals surface area contributed by atoms with E-state index in [1.165, 1.54) is 0 Å². The van der Waals surface area contributed by atoms with Gasteiger partial charge in [0.1, 0.15) is 6.04 Å². The first-order chi connectivity index (χ1) is 13.5. The molecule has 3 rings (SSSR count). The van der Waals surface area contributed by atoms with Crippen LogP contribution in [0.4, 0.5) is 5.95 Å². The van der Waals surface area contributed by atoms with Crippen molar-refractivity contribution in [2.75, 3.05) is 24.8 Å². The van der Waals surface area contributed by atoms with E-state index in [1.54, 1.807) is 23.6 Å². The highest BCUT2D eigenvalue weighted by atomic mass is 32.2.